The number of hydrogen-bond donors (Lipinski definition) is 2. The second-order valence-electron chi connectivity index (χ2n) is 11.8. The lowest BCUT2D eigenvalue weighted by molar-refractivity contribution is -0.144. The number of ether oxygens (including phenoxy) is 2. The Morgan fingerprint density at radius 3 is 2.02 bits per heavy atom. The molecular formula is C37H48N2O5S. The molecule has 0 fully saturated rings. The first-order valence-corrected chi connectivity index (χ1v) is 16.8. The van der Waals surface area contributed by atoms with Crippen molar-refractivity contribution in [3.05, 3.63) is 94.6 Å². The van der Waals surface area contributed by atoms with E-state index < -0.39 is 30.1 Å². The molecule has 1 aliphatic carbocycles. The van der Waals surface area contributed by atoms with Gasteiger partial charge in [0.2, 0.25) is 5.91 Å². The average molecular weight is 633 g/mol. The molecule has 2 aromatic carbocycles. The summed E-state index contributed by atoms with van der Waals surface area (Å²) >= 11 is 1.54. The van der Waals surface area contributed by atoms with Crippen molar-refractivity contribution in [2.45, 2.75) is 78.3 Å². The number of carbonyl (C=O) groups is 3. The molecule has 1 aliphatic rings. The van der Waals surface area contributed by atoms with Gasteiger partial charge in [-0.1, -0.05) is 83.5 Å². The van der Waals surface area contributed by atoms with Gasteiger partial charge in [0.05, 0.1) is 7.11 Å². The smallest absolute Gasteiger partial charge is 0.407 e. The van der Waals surface area contributed by atoms with Crippen LogP contribution >= 0.6 is 11.8 Å². The van der Waals surface area contributed by atoms with Crippen LogP contribution in [-0.2, 0) is 19.1 Å². The number of rotatable bonds is 16. The Balaban J connectivity index is 1.43. The van der Waals surface area contributed by atoms with Crippen LogP contribution in [0.1, 0.15) is 77.3 Å². The molecule has 0 bridgehead atoms. The number of allylic oxidation sites excluding steroid dienone is 5. The maximum absolute atomic E-state index is 12.9. The van der Waals surface area contributed by atoms with E-state index in [0.29, 0.717) is 11.5 Å². The van der Waals surface area contributed by atoms with Crippen LogP contribution < -0.4 is 10.6 Å². The maximum Gasteiger partial charge on any atom is 0.407 e. The van der Waals surface area contributed by atoms with Crippen LogP contribution in [-0.4, -0.2) is 55.3 Å². The molecule has 2 amide bonds. The van der Waals surface area contributed by atoms with Gasteiger partial charge in [0, 0.05) is 17.4 Å². The molecule has 0 heterocycles. The Labute approximate surface area is 272 Å². The van der Waals surface area contributed by atoms with Crippen molar-refractivity contribution in [3.8, 4) is 11.1 Å². The second-order valence-corrected chi connectivity index (χ2v) is 12.8. The zero-order valence-electron chi connectivity index (χ0n) is 27.5. The van der Waals surface area contributed by atoms with Crippen molar-refractivity contribution in [1.29, 1.82) is 0 Å². The summed E-state index contributed by atoms with van der Waals surface area (Å²) in [6, 6.07) is 14.5. The molecule has 45 heavy (non-hydrogen) atoms. The second kappa shape index (κ2) is 18.3. The van der Waals surface area contributed by atoms with Crippen LogP contribution in [0.5, 0.6) is 0 Å². The van der Waals surface area contributed by atoms with Gasteiger partial charge in [-0.2, -0.15) is 11.8 Å². The molecule has 7 nitrogen and oxygen atoms in total. The van der Waals surface area contributed by atoms with Crippen LogP contribution in [0.25, 0.3) is 11.1 Å². The molecule has 0 aliphatic heterocycles. The van der Waals surface area contributed by atoms with E-state index in [1.54, 1.807) is 6.92 Å². The number of amides is 2. The van der Waals surface area contributed by atoms with Crippen molar-refractivity contribution in [2.75, 3.05) is 25.2 Å². The molecule has 0 spiro atoms. The average Bonchev–Trinajstić information content (AvgIpc) is 3.34. The van der Waals surface area contributed by atoms with Gasteiger partial charge in [0.1, 0.15) is 18.7 Å². The molecule has 0 unspecified atom stereocenters. The Morgan fingerprint density at radius 2 is 1.42 bits per heavy atom. The van der Waals surface area contributed by atoms with Gasteiger partial charge in [-0.25, -0.2) is 9.59 Å². The van der Waals surface area contributed by atoms with Gasteiger partial charge >= 0.3 is 12.1 Å². The maximum atomic E-state index is 12.9. The SMILES string of the molecule is COC(=O)[C@H](CSC/C=C(/C)CC/C=C(\C)CCC=C(C)C)NC(=O)[C@H](C)NC(=O)OCC1c2ccccc2-c2ccccc21. The summed E-state index contributed by atoms with van der Waals surface area (Å²) in [6.07, 6.45) is 10.2. The third-order valence-corrected chi connectivity index (χ3v) is 8.80. The number of benzene rings is 2. The van der Waals surface area contributed by atoms with E-state index in [1.807, 2.05) is 36.4 Å². The summed E-state index contributed by atoms with van der Waals surface area (Å²) in [4.78, 5) is 37.9. The van der Waals surface area contributed by atoms with Gasteiger partial charge in [0.15, 0.2) is 0 Å². The highest BCUT2D eigenvalue weighted by Crippen LogP contribution is 2.44. The highest BCUT2D eigenvalue weighted by molar-refractivity contribution is 7.99. The van der Waals surface area contributed by atoms with Crippen LogP contribution in [0.15, 0.2) is 83.5 Å². The molecule has 3 rings (SSSR count). The minimum atomic E-state index is -0.904. The predicted molar refractivity (Wildman–Crippen MR) is 184 cm³/mol. The van der Waals surface area contributed by atoms with Crippen LogP contribution in [0.2, 0.25) is 0 Å². The summed E-state index contributed by atoms with van der Waals surface area (Å²) in [6.45, 7) is 10.3. The van der Waals surface area contributed by atoms with Gasteiger partial charge in [-0.05, 0) is 82.6 Å². The topological polar surface area (TPSA) is 93.7 Å². The van der Waals surface area contributed by atoms with Gasteiger partial charge in [-0.15, -0.1) is 0 Å². The van der Waals surface area contributed by atoms with E-state index >= 15 is 0 Å². The first-order chi connectivity index (χ1) is 21.6. The fourth-order valence-electron chi connectivity index (χ4n) is 5.22. The Morgan fingerprint density at radius 1 is 0.844 bits per heavy atom. The largest absolute Gasteiger partial charge is 0.467 e. The molecule has 242 valence electrons. The third kappa shape index (κ3) is 11.3. The quantitative estimate of drug-likeness (QED) is 0.112. The van der Waals surface area contributed by atoms with E-state index in [4.69, 9.17) is 9.47 Å². The zero-order valence-corrected chi connectivity index (χ0v) is 28.3. The number of hydrogen-bond acceptors (Lipinski definition) is 6. The van der Waals surface area contributed by atoms with E-state index in [9.17, 15) is 14.4 Å². The highest BCUT2D eigenvalue weighted by atomic mass is 32.2. The van der Waals surface area contributed by atoms with Gasteiger partial charge in [-0.3, -0.25) is 4.79 Å². The summed E-state index contributed by atoms with van der Waals surface area (Å²) < 4.78 is 10.5. The van der Waals surface area contributed by atoms with Crippen molar-refractivity contribution in [2.24, 2.45) is 0 Å². The molecule has 2 N–H and O–H groups in total. The number of nitrogens with one attached hydrogen (secondary N) is 2. The summed E-state index contributed by atoms with van der Waals surface area (Å²) in [5, 5.41) is 5.31. The standard InChI is InChI=1S/C37H48N2O5S/c1-25(2)13-11-14-26(3)15-12-16-27(4)21-22-45-24-34(36(41)43-6)39-35(40)28(5)38-37(42)44-23-33-31-19-9-7-17-29(31)30-18-8-10-20-32(30)33/h7-10,13,15,17-21,28,33-34H,11-12,14,16,22-24H2,1-6H3,(H,38,42)(H,39,40)/b26-15+,27-21-/t28-,34-/m0/s1. The van der Waals surface area contributed by atoms with Crippen molar-refractivity contribution >= 4 is 29.7 Å². The first-order valence-electron chi connectivity index (χ1n) is 15.6. The van der Waals surface area contributed by atoms with Gasteiger partial charge in [0.25, 0.3) is 0 Å². The highest BCUT2D eigenvalue weighted by Gasteiger charge is 2.30. The van der Waals surface area contributed by atoms with Crippen molar-refractivity contribution in [3.63, 3.8) is 0 Å². The summed E-state index contributed by atoms with van der Waals surface area (Å²) in [5.74, 6) is -0.0321. The predicted octanol–water partition coefficient (Wildman–Crippen LogP) is 7.72. The van der Waals surface area contributed by atoms with E-state index in [-0.39, 0.29) is 12.5 Å². The zero-order chi connectivity index (χ0) is 32.8. The normalized spacial score (nSPS) is 14.1. The minimum absolute atomic E-state index is 0.0797. The molecule has 0 saturated carbocycles. The number of esters is 1. The lowest BCUT2D eigenvalue weighted by Crippen LogP contribution is -2.51. The third-order valence-electron chi connectivity index (χ3n) is 7.83. The molecule has 2 atom stereocenters. The fraction of sp³-hybridized carbons (Fsp3) is 0.432. The monoisotopic (exact) mass is 632 g/mol. The lowest BCUT2D eigenvalue weighted by atomic mass is 9.98. The molecular weight excluding hydrogens is 584 g/mol. The number of methoxy groups -OCH3 is 1. The molecule has 8 heteroatoms. The lowest BCUT2D eigenvalue weighted by Gasteiger charge is -2.20. The Hall–Kier alpha value is -3.78. The number of thioether (sulfide) groups is 1. The van der Waals surface area contributed by atoms with Crippen molar-refractivity contribution < 1.29 is 23.9 Å². The Bertz CT molecular complexity index is 1360. The van der Waals surface area contributed by atoms with Crippen LogP contribution in [0, 0.1) is 0 Å². The molecule has 0 saturated heterocycles. The number of alkyl carbamates (subject to hydrolysis) is 1. The first kappa shape index (κ1) is 35.7. The van der Waals surface area contributed by atoms with E-state index in [0.717, 1.165) is 47.9 Å². The Kier molecular flexibility index (Phi) is 14.5. The van der Waals surface area contributed by atoms with E-state index in [1.165, 1.54) is 35.6 Å². The number of carbonyl (C=O) groups excluding carboxylic acids is 3. The summed E-state index contributed by atoms with van der Waals surface area (Å²) in [5.41, 5.74) is 8.55. The van der Waals surface area contributed by atoms with Crippen LogP contribution in [0.3, 0.4) is 0 Å². The molecule has 0 radical (unpaired) electrons. The molecule has 2 aromatic rings. The van der Waals surface area contributed by atoms with E-state index in [2.05, 4.69) is 68.7 Å². The summed E-state index contributed by atoms with van der Waals surface area (Å²) in [7, 11) is 1.30. The fourth-order valence-corrected chi connectivity index (χ4v) is 6.21. The number of fused-ring (bicyclic) bond motifs is 3. The minimum Gasteiger partial charge on any atom is -0.467 e. The molecule has 0 aromatic heterocycles. The van der Waals surface area contributed by atoms with Crippen molar-refractivity contribution in [1.82, 2.24) is 10.6 Å². The van der Waals surface area contributed by atoms with Gasteiger partial charge < -0.3 is 20.1 Å². The van der Waals surface area contributed by atoms with Crippen LogP contribution in [0.4, 0.5) is 4.79 Å².